The third kappa shape index (κ3) is 9.63. The van der Waals surface area contributed by atoms with E-state index >= 15 is 0 Å². The number of carbonyl (C=O) groups excluding carboxylic acids is 3. The maximum absolute atomic E-state index is 13.4. The molecule has 0 aliphatic carbocycles. The predicted molar refractivity (Wildman–Crippen MR) is 167 cm³/mol. The van der Waals surface area contributed by atoms with Gasteiger partial charge in [-0.3, -0.25) is 14.4 Å². The number of amides is 3. The molecule has 1 unspecified atom stereocenters. The molecule has 0 bridgehead atoms. The highest BCUT2D eigenvalue weighted by atomic mass is 16.5. The lowest BCUT2D eigenvalue weighted by molar-refractivity contribution is -0.130. The Balaban J connectivity index is 0.00000506. The molecule has 3 amide bonds. The Hall–Kier alpha value is -4.80. The number of carbonyl (C=O) groups is 3. The summed E-state index contributed by atoms with van der Waals surface area (Å²) in [6.07, 6.45) is 3.06. The molecule has 43 heavy (non-hydrogen) atoms. The number of hydrogen-bond donors (Lipinski definition) is 4. The van der Waals surface area contributed by atoms with Crippen molar-refractivity contribution in [3.63, 3.8) is 0 Å². The zero-order valence-corrected chi connectivity index (χ0v) is 23.7. The normalized spacial score (nSPS) is 12.3. The second-order valence-corrected chi connectivity index (χ2v) is 10.5. The van der Waals surface area contributed by atoms with E-state index in [9.17, 15) is 14.4 Å². The number of imidazole rings is 1. The lowest BCUT2D eigenvalue weighted by atomic mass is 10.1. The van der Waals surface area contributed by atoms with Gasteiger partial charge in [0.2, 0.25) is 11.8 Å². The summed E-state index contributed by atoms with van der Waals surface area (Å²) in [5, 5.41) is 8.39. The van der Waals surface area contributed by atoms with Crippen LogP contribution in [0.1, 0.15) is 44.0 Å². The van der Waals surface area contributed by atoms with Gasteiger partial charge in [0.1, 0.15) is 12.1 Å². The molecule has 1 aromatic heterocycles. The summed E-state index contributed by atoms with van der Waals surface area (Å²) in [6, 6.07) is 26.7. The van der Waals surface area contributed by atoms with E-state index in [1.165, 1.54) is 6.33 Å². The fourth-order valence-electron chi connectivity index (χ4n) is 4.13. The molecule has 226 valence electrons. The molecule has 3 aromatic carbocycles. The van der Waals surface area contributed by atoms with Crippen molar-refractivity contribution in [1.29, 1.82) is 0 Å². The fraction of sp³-hybridized carbons (Fsp3) is 0.273. The first-order valence-electron chi connectivity index (χ1n) is 13.6. The Morgan fingerprint density at radius 2 is 1.47 bits per heavy atom. The summed E-state index contributed by atoms with van der Waals surface area (Å²) in [7, 11) is 0. The first kappa shape index (κ1) is 32.7. The largest absolute Gasteiger partial charge is 0.374 e. The molecular weight excluding hydrogens is 544 g/mol. The van der Waals surface area contributed by atoms with Gasteiger partial charge in [0, 0.05) is 12.7 Å². The lowest BCUT2D eigenvalue weighted by Gasteiger charge is -2.23. The summed E-state index contributed by atoms with van der Waals surface area (Å²) in [5.41, 5.74) is 7.40. The molecule has 0 radical (unpaired) electrons. The van der Waals surface area contributed by atoms with E-state index in [-0.39, 0.29) is 32.4 Å². The molecule has 4 aromatic rings. The molecule has 0 aliphatic rings. The average Bonchev–Trinajstić information content (AvgIpc) is 3.44. The standard InChI is InChI=1S/C32H36N6O4.CH4/c1-32(2,33)31(41)36-26(21-42-20-24-14-8-4-9-15-24)29(39)37-27-19-38(22-35-27)28(25-16-10-5-11-17-25)30(40)34-18-23-12-6-3-7-13-23;/h3-17,19,22,26,28H,18,20-21,33H2,1-2H3,(H,34,40)(H,36,41)(H,37,39);1H4/t26-,28?;/m1./s1. The molecule has 0 saturated heterocycles. The highest BCUT2D eigenvalue weighted by Gasteiger charge is 2.29. The first-order valence-corrected chi connectivity index (χ1v) is 13.6. The molecule has 10 nitrogen and oxygen atoms in total. The van der Waals surface area contributed by atoms with E-state index in [0.29, 0.717) is 6.54 Å². The Morgan fingerprint density at radius 1 is 0.884 bits per heavy atom. The monoisotopic (exact) mass is 584 g/mol. The number of hydrogen-bond acceptors (Lipinski definition) is 6. The molecular formula is C33H40N6O4. The summed E-state index contributed by atoms with van der Waals surface area (Å²) in [5.74, 6) is -1.05. The molecule has 5 N–H and O–H groups in total. The van der Waals surface area contributed by atoms with Gasteiger partial charge in [-0.05, 0) is 30.5 Å². The van der Waals surface area contributed by atoms with Gasteiger partial charge in [0.25, 0.3) is 5.91 Å². The smallest absolute Gasteiger partial charge is 0.250 e. The van der Waals surface area contributed by atoms with E-state index in [2.05, 4.69) is 20.9 Å². The summed E-state index contributed by atoms with van der Waals surface area (Å²) in [4.78, 5) is 43.6. The van der Waals surface area contributed by atoms with Crippen molar-refractivity contribution in [2.24, 2.45) is 5.73 Å². The summed E-state index contributed by atoms with van der Waals surface area (Å²) in [6.45, 7) is 3.64. The maximum atomic E-state index is 13.4. The van der Waals surface area contributed by atoms with Crippen molar-refractivity contribution in [1.82, 2.24) is 20.2 Å². The van der Waals surface area contributed by atoms with Crippen LogP contribution in [0, 0.1) is 0 Å². The van der Waals surface area contributed by atoms with Gasteiger partial charge >= 0.3 is 0 Å². The third-order valence-electron chi connectivity index (χ3n) is 6.43. The van der Waals surface area contributed by atoms with Crippen molar-refractivity contribution in [3.05, 3.63) is 120 Å². The highest BCUT2D eigenvalue weighted by Crippen LogP contribution is 2.21. The SMILES string of the molecule is C.CC(C)(N)C(=O)N[C@H](COCc1ccccc1)C(=O)Nc1cn(C(C(=O)NCc2ccccc2)c2ccccc2)cn1. The van der Waals surface area contributed by atoms with E-state index in [1.54, 1.807) is 24.6 Å². The summed E-state index contributed by atoms with van der Waals surface area (Å²) >= 11 is 0. The van der Waals surface area contributed by atoms with Crippen molar-refractivity contribution in [3.8, 4) is 0 Å². The van der Waals surface area contributed by atoms with E-state index < -0.39 is 29.4 Å². The minimum atomic E-state index is -1.20. The predicted octanol–water partition coefficient (Wildman–Crippen LogP) is 3.80. The Labute approximate surface area is 252 Å². The zero-order chi connectivity index (χ0) is 30.0. The van der Waals surface area contributed by atoms with Crippen molar-refractivity contribution in [2.45, 2.75) is 52.0 Å². The molecule has 0 fully saturated rings. The van der Waals surface area contributed by atoms with Crippen molar-refractivity contribution >= 4 is 23.5 Å². The molecule has 0 saturated carbocycles. The van der Waals surface area contributed by atoms with E-state index in [1.807, 2.05) is 91.0 Å². The maximum Gasteiger partial charge on any atom is 0.250 e. The number of benzene rings is 3. The van der Waals surface area contributed by atoms with Crippen LogP contribution in [0.4, 0.5) is 5.82 Å². The van der Waals surface area contributed by atoms with Gasteiger partial charge in [-0.15, -0.1) is 0 Å². The van der Waals surface area contributed by atoms with E-state index in [4.69, 9.17) is 10.5 Å². The second kappa shape index (κ2) is 15.4. The van der Waals surface area contributed by atoms with Crippen LogP contribution in [0.25, 0.3) is 0 Å². The van der Waals surface area contributed by atoms with Crippen LogP contribution in [0.15, 0.2) is 104 Å². The first-order chi connectivity index (χ1) is 20.2. The van der Waals surface area contributed by atoms with E-state index in [0.717, 1.165) is 16.7 Å². The Bertz CT molecular complexity index is 1450. The molecule has 4 rings (SSSR count). The number of nitrogens with zero attached hydrogens (tertiary/aromatic N) is 2. The van der Waals surface area contributed by atoms with Crippen LogP contribution in [0.2, 0.25) is 0 Å². The number of ether oxygens (including phenoxy) is 1. The fourth-order valence-corrected chi connectivity index (χ4v) is 4.13. The average molecular weight is 585 g/mol. The van der Waals surface area contributed by atoms with Gasteiger partial charge in [-0.1, -0.05) is 98.4 Å². The van der Waals surface area contributed by atoms with Gasteiger partial charge in [-0.25, -0.2) is 4.98 Å². The third-order valence-corrected chi connectivity index (χ3v) is 6.43. The highest BCUT2D eigenvalue weighted by molar-refractivity contribution is 5.98. The van der Waals surface area contributed by atoms with Gasteiger partial charge in [0.15, 0.2) is 5.82 Å². The van der Waals surface area contributed by atoms with Crippen LogP contribution < -0.4 is 21.7 Å². The van der Waals surface area contributed by atoms with Crippen LogP contribution >= 0.6 is 0 Å². The molecule has 0 aliphatic heterocycles. The molecule has 1 heterocycles. The number of anilines is 1. The number of rotatable bonds is 13. The quantitative estimate of drug-likeness (QED) is 0.188. The van der Waals surface area contributed by atoms with Crippen molar-refractivity contribution in [2.75, 3.05) is 11.9 Å². The van der Waals surface area contributed by atoms with Gasteiger partial charge in [0.05, 0.1) is 25.1 Å². The van der Waals surface area contributed by atoms with Crippen LogP contribution in [-0.4, -0.2) is 45.5 Å². The van der Waals surface area contributed by atoms with Gasteiger partial charge < -0.3 is 31.0 Å². The summed E-state index contributed by atoms with van der Waals surface area (Å²) < 4.78 is 7.39. The number of nitrogens with two attached hydrogens (primary N) is 1. The van der Waals surface area contributed by atoms with Crippen LogP contribution in [0.3, 0.4) is 0 Å². The lowest BCUT2D eigenvalue weighted by Crippen LogP contribution is -2.56. The number of nitrogens with one attached hydrogen (secondary N) is 3. The zero-order valence-electron chi connectivity index (χ0n) is 23.7. The molecule has 10 heteroatoms. The second-order valence-electron chi connectivity index (χ2n) is 10.5. The van der Waals surface area contributed by atoms with Crippen LogP contribution in [0.5, 0.6) is 0 Å². The van der Waals surface area contributed by atoms with Crippen LogP contribution in [-0.2, 0) is 32.3 Å². The molecule has 0 spiro atoms. The van der Waals surface area contributed by atoms with Crippen molar-refractivity contribution < 1.29 is 19.1 Å². The Morgan fingerprint density at radius 3 is 2.07 bits per heavy atom. The topological polar surface area (TPSA) is 140 Å². The van der Waals surface area contributed by atoms with Gasteiger partial charge in [-0.2, -0.15) is 0 Å². The number of aromatic nitrogens is 2. The Kier molecular flexibility index (Phi) is 11.7. The minimum absolute atomic E-state index is 0. The molecule has 2 atom stereocenters. The minimum Gasteiger partial charge on any atom is -0.374 e.